The van der Waals surface area contributed by atoms with Crippen molar-refractivity contribution in [1.29, 1.82) is 0 Å². The number of aromatic nitrogens is 1. The SMILES string of the molecule is COCC(O)CN(C)C(=O)c1oc(C)nc1C. The van der Waals surface area contributed by atoms with Crippen molar-refractivity contribution in [1.82, 2.24) is 9.88 Å². The molecule has 1 heterocycles. The van der Waals surface area contributed by atoms with Crippen molar-refractivity contribution in [3.8, 4) is 0 Å². The molecule has 6 nitrogen and oxygen atoms in total. The number of aliphatic hydroxyl groups is 1. The van der Waals surface area contributed by atoms with Crippen LogP contribution in [0.5, 0.6) is 0 Å². The van der Waals surface area contributed by atoms with Crippen LogP contribution < -0.4 is 0 Å². The molecule has 1 unspecified atom stereocenters. The topological polar surface area (TPSA) is 75.8 Å². The Balaban J connectivity index is 2.66. The van der Waals surface area contributed by atoms with Crippen molar-refractivity contribution in [2.24, 2.45) is 0 Å². The van der Waals surface area contributed by atoms with Crippen LogP contribution in [0.25, 0.3) is 0 Å². The Hall–Kier alpha value is -1.40. The van der Waals surface area contributed by atoms with Gasteiger partial charge in [0, 0.05) is 27.6 Å². The van der Waals surface area contributed by atoms with Crippen LogP contribution >= 0.6 is 0 Å². The molecule has 0 spiro atoms. The molecule has 0 fully saturated rings. The zero-order valence-corrected chi connectivity index (χ0v) is 10.6. The first-order valence-corrected chi connectivity index (χ1v) is 5.32. The van der Waals surface area contributed by atoms with Crippen LogP contribution in [0.1, 0.15) is 22.1 Å². The minimum Gasteiger partial charge on any atom is -0.436 e. The summed E-state index contributed by atoms with van der Waals surface area (Å²) in [7, 11) is 3.09. The molecular formula is C11H18N2O4. The molecule has 0 aliphatic rings. The maximum Gasteiger partial charge on any atom is 0.291 e. The van der Waals surface area contributed by atoms with E-state index in [1.165, 1.54) is 12.0 Å². The van der Waals surface area contributed by atoms with Gasteiger partial charge in [-0.1, -0.05) is 0 Å². The summed E-state index contributed by atoms with van der Waals surface area (Å²) in [6, 6.07) is 0. The van der Waals surface area contributed by atoms with E-state index in [-0.39, 0.29) is 24.8 Å². The molecule has 1 N–H and O–H groups in total. The zero-order valence-electron chi connectivity index (χ0n) is 10.6. The fraction of sp³-hybridized carbons (Fsp3) is 0.636. The van der Waals surface area contributed by atoms with Crippen LogP contribution in [0.3, 0.4) is 0 Å². The monoisotopic (exact) mass is 242 g/mol. The number of aryl methyl sites for hydroxylation is 2. The number of oxazole rings is 1. The molecule has 96 valence electrons. The van der Waals surface area contributed by atoms with Crippen LogP contribution in [0.2, 0.25) is 0 Å². The largest absolute Gasteiger partial charge is 0.436 e. The molecule has 17 heavy (non-hydrogen) atoms. The second kappa shape index (κ2) is 5.79. The van der Waals surface area contributed by atoms with Gasteiger partial charge in [0.05, 0.1) is 18.4 Å². The molecule has 1 atom stereocenters. The molecular weight excluding hydrogens is 224 g/mol. The van der Waals surface area contributed by atoms with E-state index in [9.17, 15) is 9.90 Å². The van der Waals surface area contributed by atoms with Gasteiger partial charge in [-0.15, -0.1) is 0 Å². The number of hydrogen-bond donors (Lipinski definition) is 1. The van der Waals surface area contributed by atoms with Crippen molar-refractivity contribution in [3.05, 3.63) is 17.3 Å². The lowest BCUT2D eigenvalue weighted by atomic mass is 10.3. The minimum atomic E-state index is -0.710. The standard InChI is InChI=1S/C11H18N2O4/c1-7-10(17-8(2)12-7)11(15)13(3)5-9(14)6-16-4/h9,14H,5-6H2,1-4H3. The van der Waals surface area contributed by atoms with Crippen molar-refractivity contribution >= 4 is 5.91 Å². The summed E-state index contributed by atoms with van der Waals surface area (Å²) in [5.74, 6) is 0.379. The summed E-state index contributed by atoms with van der Waals surface area (Å²) in [6.07, 6.45) is -0.710. The zero-order chi connectivity index (χ0) is 13.0. The third-order valence-electron chi connectivity index (χ3n) is 2.29. The van der Waals surface area contributed by atoms with Crippen molar-refractivity contribution < 1.29 is 19.1 Å². The highest BCUT2D eigenvalue weighted by Gasteiger charge is 2.21. The Morgan fingerprint density at radius 2 is 2.24 bits per heavy atom. The molecule has 0 saturated carbocycles. The Kier molecular flexibility index (Phi) is 4.65. The normalized spacial score (nSPS) is 12.5. The van der Waals surface area contributed by atoms with Crippen LogP contribution in [-0.4, -0.2) is 54.3 Å². The Morgan fingerprint density at radius 3 is 2.71 bits per heavy atom. The molecule has 0 aromatic carbocycles. The quantitative estimate of drug-likeness (QED) is 0.807. The fourth-order valence-corrected chi connectivity index (χ4v) is 1.55. The Bertz CT molecular complexity index is 389. The number of methoxy groups -OCH3 is 1. The summed E-state index contributed by atoms with van der Waals surface area (Å²) >= 11 is 0. The van der Waals surface area contributed by atoms with E-state index in [2.05, 4.69) is 4.98 Å². The molecule has 1 rings (SSSR count). The average molecular weight is 242 g/mol. The second-order valence-corrected chi connectivity index (χ2v) is 3.94. The van der Waals surface area contributed by atoms with E-state index in [1.54, 1.807) is 20.9 Å². The summed E-state index contributed by atoms with van der Waals surface area (Å²) in [5, 5.41) is 9.52. The lowest BCUT2D eigenvalue weighted by Crippen LogP contribution is -2.36. The van der Waals surface area contributed by atoms with Crippen LogP contribution in [0.4, 0.5) is 0 Å². The third kappa shape index (κ3) is 3.54. The first-order chi connectivity index (χ1) is 7.95. The molecule has 1 amide bonds. The summed E-state index contributed by atoms with van der Waals surface area (Å²) < 4.78 is 10.0. The van der Waals surface area contributed by atoms with Gasteiger partial charge in [0.25, 0.3) is 5.91 Å². The number of amides is 1. The van der Waals surface area contributed by atoms with E-state index >= 15 is 0 Å². The highest BCUT2D eigenvalue weighted by molar-refractivity contribution is 5.92. The number of likely N-dealkylation sites (N-methyl/N-ethyl adjacent to an activating group) is 1. The predicted octanol–water partition coefficient (Wildman–Crippen LogP) is 0.371. The number of carbonyl (C=O) groups is 1. The molecule has 0 radical (unpaired) electrons. The number of rotatable bonds is 5. The van der Waals surface area contributed by atoms with Crippen molar-refractivity contribution in [3.63, 3.8) is 0 Å². The Labute approximate surface area is 100 Å². The average Bonchev–Trinajstić information content (AvgIpc) is 2.56. The highest BCUT2D eigenvalue weighted by Crippen LogP contribution is 2.11. The van der Waals surface area contributed by atoms with E-state index < -0.39 is 6.10 Å². The number of hydrogen-bond acceptors (Lipinski definition) is 5. The van der Waals surface area contributed by atoms with Crippen LogP contribution in [0, 0.1) is 13.8 Å². The second-order valence-electron chi connectivity index (χ2n) is 3.94. The molecule has 0 aliphatic carbocycles. The van der Waals surface area contributed by atoms with E-state index in [0.717, 1.165) is 0 Å². The maximum atomic E-state index is 12.0. The Morgan fingerprint density at radius 1 is 1.59 bits per heavy atom. The van der Waals surface area contributed by atoms with Gasteiger partial charge in [-0.3, -0.25) is 4.79 Å². The smallest absolute Gasteiger partial charge is 0.291 e. The van der Waals surface area contributed by atoms with E-state index in [4.69, 9.17) is 9.15 Å². The number of nitrogens with zero attached hydrogens (tertiary/aromatic N) is 2. The summed E-state index contributed by atoms with van der Waals surface area (Å²) in [6.45, 7) is 3.77. The third-order valence-corrected chi connectivity index (χ3v) is 2.29. The van der Waals surface area contributed by atoms with Gasteiger partial charge in [0.1, 0.15) is 0 Å². The fourth-order valence-electron chi connectivity index (χ4n) is 1.55. The first-order valence-electron chi connectivity index (χ1n) is 5.32. The maximum absolute atomic E-state index is 12.0. The van der Waals surface area contributed by atoms with Gasteiger partial charge in [0.15, 0.2) is 5.89 Å². The molecule has 0 saturated heterocycles. The van der Waals surface area contributed by atoms with Crippen molar-refractivity contribution in [2.75, 3.05) is 27.3 Å². The van der Waals surface area contributed by atoms with Gasteiger partial charge in [-0.25, -0.2) is 4.98 Å². The highest BCUT2D eigenvalue weighted by atomic mass is 16.5. The van der Waals surface area contributed by atoms with E-state index in [0.29, 0.717) is 11.6 Å². The molecule has 6 heteroatoms. The van der Waals surface area contributed by atoms with Crippen LogP contribution in [0.15, 0.2) is 4.42 Å². The number of carbonyl (C=O) groups excluding carboxylic acids is 1. The predicted molar refractivity (Wildman–Crippen MR) is 60.8 cm³/mol. The lowest BCUT2D eigenvalue weighted by Gasteiger charge is -2.19. The summed E-state index contributed by atoms with van der Waals surface area (Å²) in [4.78, 5) is 17.4. The molecule has 1 aromatic rings. The van der Waals surface area contributed by atoms with Gasteiger partial charge < -0.3 is 19.2 Å². The van der Waals surface area contributed by atoms with Crippen LogP contribution in [-0.2, 0) is 4.74 Å². The van der Waals surface area contributed by atoms with E-state index in [1.807, 2.05) is 0 Å². The summed E-state index contributed by atoms with van der Waals surface area (Å²) in [5.41, 5.74) is 0.556. The van der Waals surface area contributed by atoms with Gasteiger partial charge in [-0.05, 0) is 6.92 Å². The molecule has 0 bridgehead atoms. The first kappa shape index (κ1) is 13.7. The van der Waals surface area contributed by atoms with Gasteiger partial charge in [0.2, 0.25) is 5.76 Å². The van der Waals surface area contributed by atoms with Gasteiger partial charge >= 0.3 is 0 Å². The molecule has 1 aromatic heterocycles. The lowest BCUT2D eigenvalue weighted by molar-refractivity contribution is 0.0367. The van der Waals surface area contributed by atoms with Gasteiger partial charge in [-0.2, -0.15) is 0 Å². The van der Waals surface area contributed by atoms with Crippen molar-refractivity contribution in [2.45, 2.75) is 20.0 Å². The minimum absolute atomic E-state index is 0.186. The number of ether oxygens (including phenoxy) is 1. The molecule has 0 aliphatic heterocycles. The number of aliphatic hydroxyl groups excluding tert-OH is 1.